The van der Waals surface area contributed by atoms with Crippen LogP contribution in [0.1, 0.15) is 11.3 Å². The number of esters is 1. The van der Waals surface area contributed by atoms with Gasteiger partial charge in [-0.1, -0.05) is 6.07 Å². The zero-order chi connectivity index (χ0) is 17.1. The van der Waals surface area contributed by atoms with Gasteiger partial charge in [0.05, 0.1) is 7.11 Å². The van der Waals surface area contributed by atoms with Crippen molar-refractivity contribution >= 4 is 5.97 Å². The summed E-state index contributed by atoms with van der Waals surface area (Å²) in [4.78, 5) is 39.7. The van der Waals surface area contributed by atoms with Crippen LogP contribution in [0.25, 0.3) is 5.82 Å². The number of pyridine rings is 1. The van der Waals surface area contributed by atoms with E-state index in [9.17, 15) is 14.4 Å². The van der Waals surface area contributed by atoms with Gasteiger partial charge >= 0.3 is 11.7 Å². The molecule has 0 aliphatic heterocycles. The largest absolute Gasteiger partial charge is 0.468 e. The van der Waals surface area contributed by atoms with Crippen molar-refractivity contribution in [3.05, 3.63) is 56.5 Å². The molecule has 0 bridgehead atoms. The number of carbonyl (C=O) groups is 1. The third kappa shape index (κ3) is 3.37. The van der Waals surface area contributed by atoms with E-state index in [1.165, 1.54) is 30.0 Å². The van der Waals surface area contributed by atoms with Gasteiger partial charge < -0.3 is 15.0 Å². The number of nitrogens with two attached hydrogens (primary N) is 1. The highest BCUT2D eigenvalue weighted by Crippen LogP contribution is 2.05. The van der Waals surface area contributed by atoms with Gasteiger partial charge in [0, 0.05) is 25.0 Å². The summed E-state index contributed by atoms with van der Waals surface area (Å²) in [6.45, 7) is 1.68. The number of methoxy groups -OCH3 is 1. The van der Waals surface area contributed by atoms with Gasteiger partial charge in [-0.25, -0.2) is 14.3 Å². The number of hydrogen-bond acceptors (Lipinski definition) is 6. The minimum absolute atomic E-state index is 0.214. The van der Waals surface area contributed by atoms with Gasteiger partial charge in [0.25, 0.3) is 5.56 Å². The van der Waals surface area contributed by atoms with Crippen molar-refractivity contribution in [2.24, 2.45) is 12.8 Å². The average Bonchev–Trinajstić information content (AvgIpc) is 2.53. The Hall–Kier alpha value is -2.74. The van der Waals surface area contributed by atoms with E-state index in [0.29, 0.717) is 11.3 Å². The second kappa shape index (κ2) is 6.57. The number of rotatable bonds is 4. The molecule has 8 nitrogen and oxygen atoms in total. The van der Waals surface area contributed by atoms with Crippen molar-refractivity contribution in [3.63, 3.8) is 0 Å². The minimum atomic E-state index is -0.789. The molecule has 0 amide bonds. The van der Waals surface area contributed by atoms with E-state index in [1.807, 2.05) is 0 Å². The van der Waals surface area contributed by atoms with Gasteiger partial charge in [0.15, 0.2) is 0 Å². The van der Waals surface area contributed by atoms with Crippen LogP contribution < -0.4 is 17.0 Å². The third-order valence-corrected chi connectivity index (χ3v) is 3.56. The molecular formula is C15H18N4O4. The summed E-state index contributed by atoms with van der Waals surface area (Å²) in [5.41, 5.74) is 6.03. The molecule has 2 rings (SSSR count). The molecule has 1 atom stereocenters. The SMILES string of the molecule is COC(=O)C(N)Cc1ccc(-n2c(=O)cc(C)n(C)c2=O)nc1. The molecule has 2 aromatic heterocycles. The van der Waals surface area contributed by atoms with E-state index in [4.69, 9.17) is 5.73 Å². The van der Waals surface area contributed by atoms with Crippen LogP contribution in [0.5, 0.6) is 0 Å². The predicted octanol–water partition coefficient (Wildman–Crippen LogP) is -0.718. The van der Waals surface area contributed by atoms with Crippen LogP contribution in [0.15, 0.2) is 34.0 Å². The Morgan fingerprint density at radius 1 is 1.39 bits per heavy atom. The smallest absolute Gasteiger partial charge is 0.336 e. The average molecular weight is 318 g/mol. The molecule has 8 heteroatoms. The Morgan fingerprint density at radius 3 is 2.65 bits per heavy atom. The first-order chi connectivity index (χ1) is 10.8. The fourth-order valence-electron chi connectivity index (χ4n) is 2.10. The normalized spacial score (nSPS) is 12.0. The zero-order valence-electron chi connectivity index (χ0n) is 13.1. The first-order valence-corrected chi connectivity index (χ1v) is 6.93. The summed E-state index contributed by atoms with van der Waals surface area (Å²) in [5, 5.41) is 0. The summed E-state index contributed by atoms with van der Waals surface area (Å²) in [6.07, 6.45) is 1.73. The van der Waals surface area contributed by atoms with E-state index in [1.54, 1.807) is 20.0 Å². The Balaban J connectivity index is 2.35. The molecule has 0 aliphatic carbocycles. The lowest BCUT2D eigenvalue weighted by atomic mass is 10.1. The molecule has 0 aromatic carbocycles. The summed E-state index contributed by atoms with van der Waals surface area (Å²) in [6, 6.07) is 3.78. The maximum Gasteiger partial charge on any atom is 0.336 e. The fourth-order valence-corrected chi connectivity index (χ4v) is 2.10. The molecule has 23 heavy (non-hydrogen) atoms. The van der Waals surface area contributed by atoms with Crippen LogP contribution in [0.4, 0.5) is 0 Å². The lowest BCUT2D eigenvalue weighted by Crippen LogP contribution is -2.38. The Kier molecular flexibility index (Phi) is 4.75. The lowest BCUT2D eigenvalue weighted by molar-refractivity contribution is -0.142. The molecule has 2 aromatic rings. The van der Waals surface area contributed by atoms with Gasteiger partial charge in [0.1, 0.15) is 11.9 Å². The molecule has 1 unspecified atom stereocenters. The van der Waals surface area contributed by atoms with E-state index in [-0.39, 0.29) is 12.2 Å². The van der Waals surface area contributed by atoms with Gasteiger partial charge in [0.2, 0.25) is 0 Å². The second-order valence-corrected chi connectivity index (χ2v) is 5.16. The zero-order valence-corrected chi connectivity index (χ0v) is 13.1. The first kappa shape index (κ1) is 16.6. The molecule has 0 fully saturated rings. The standard InChI is InChI=1S/C15H18N4O4/c1-9-6-13(20)19(15(22)18(9)2)12-5-4-10(8-17-12)7-11(16)14(21)23-3/h4-6,8,11H,7,16H2,1-3H3. The van der Waals surface area contributed by atoms with Crippen molar-refractivity contribution in [1.82, 2.24) is 14.1 Å². The minimum Gasteiger partial charge on any atom is -0.468 e. The van der Waals surface area contributed by atoms with Crippen molar-refractivity contribution in [3.8, 4) is 5.82 Å². The number of aromatic nitrogens is 3. The molecule has 0 spiro atoms. The molecule has 0 saturated heterocycles. The number of carbonyl (C=O) groups excluding carboxylic acids is 1. The van der Waals surface area contributed by atoms with E-state index < -0.39 is 23.3 Å². The summed E-state index contributed by atoms with van der Waals surface area (Å²) < 4.78 is 6.91. The topological polar surface area (TPSA) is 109 Å². The van der Waals surface area contributed by atoms with Crippen LogP contribution in [-0.2, 0) is 23.0 Å². The highest BCUT2D eigenvalue weighted by atomic mass is 16.5. The third-order valence-electron chi connectivity index (χ3n) is 3.56. The number of nitrogens with zero attached hydrogens (tertiary/aromatic N) is 3. The van der Waals surface area contributed by atoms with Crippen molar-refractivity contribution in [2.75, 3.05) is 7.11 Å². The van der Waals surface area contributed by atoms with Gasteiger partial charge in [-0.05, 0) is 25.0 Å². The van der Waals surface area contributed by atoms with E-state index in [2.05, 4.69) is 9.72 Å². The van der Waals surface area contributed by atoms with Gasteiger partial charge in [-0.15, -0.1) is 0 Å². The molecule has 0 saturated carbocycles. The fraction of sp³-hybridized carbons (Fsp3) is 0.333. The van der Waals surface area contributed by atoms with Crippen molar-refractivity contribution < 1.29 is 9.53 Å². The van der Waals surface area contributed by atoms with Crippen LogP contribution in [-0.4, -0.2) is 33.2 Å². The van der Waals surface area contributed by atoms with Crippen molar-refractivity contribution in [1.29, 1.82) is 0 Å². The van der Waals surface area contributed by atoms with Crippen LogP contribution in [0, 0.1) is 6.92 Å². The first-order valence-electron chi connectivity index (χ1n) is 6.93. The van der Waals surface area contributed by atoms with Gasteiger partial charge in [-0.2, -0.15) is 0 Å². The molecule has 122 valence electrons. The highest BCUT2D eigenvalue weighted by Gasteiger charge is 2.15. The highest BCUT2D eigenvalue weighted by molar-refractivity contribution is 5.75. The van der Waals surface area contributed by atoms with Gasteiger partial charge in [-0.3, -0.25) is 9.59 Å². The maximum atomic E-state index is 12.2. The molecular weight excluding hydrogens is 300 g/mol. The lowest BCUT2D eigenvalue weighted by Gasteiger charge is -2.11. The van der Waals surface area contributed by atoms with E-state index in [0.717, 1.165) is 4.57 Å². The van der Waals surface area contributed by atoms with Crippen LogP contribution in [0.3, 0.4) is 0 Å². The Morgan fingerprint density at radius 2 is 2.09 bits per heavy atom. The maximum absolute atomic E-state index is 12.2. The Labute approximate surface area is 132 Å². The number of aryl methyl sites for hydroxylation is 1. The number of hydrogen-bond donors (Lipinski definition) is 1. The molecule has 2 N–H and O–H groups in total. The van der Waals surface area contributed by atoms with Crippen LogP contribution >= 0.6 is 0 Å². The quantitative estimate of drug-likeness (QED) is 0.745. The second-order valence-electron chi connectivity index (χ2n) is 5.16. The summed E-state index contributed by atoms with van der Waals surface area (Å²) in [7, 11) is 2.85. The monoisotopic (exact) mass is 318 g/mol. The van der Waals surface area contributed by atoms with E-state index >= 15 is 0 Å². The predicted molar refractivity (Wildman–Crippen MR) is 83.5 cm³/mol. The van der Waals surface area contributed by atoms with Crippen molar-refractivity contribution in [2.45, 2.75) is 19.4 Å². The number of ether oxygens (including phenoxy) is 1. The van der Waals surface area contributed by atoms with Crippen LogP contribution in [0.2, 0.25) is 0 Å². The Bertz CT molecular complexity index is 836. The molecule has 0 radical (unpaired) electrons. The molecule has 0 aliphatic rings. The molecule has 2 heterocycles. The summed E-state index contributed by atoms with van der Waals surface area (Å²) >= 11 is 0. The summed E-state index contributed by atoms with van der Waals surface area (Å²) in [5.74, 6) is -0.302.